The van der Waals surface area contributed by atoms with E-state index in [2.05, 4.69) is 48.2 Å². The van der Waals surface area contributed by atoms with Crippen molar-refractivity contribution in [2.24, 2.45) is 21.7 Å². The molecule has 176 valence electrons. The highest BCUT2D eigenvalue weighted by Gasteiger charge is 2.58. The second-order valence-electron chi connectivity index (χ2n) is 10.5. The van der Waals surface area contributed by atoms with Gasteiger partial charge in [0.25, 0.3) is 5.91 Å². The first kappa shape index (κ1) is 25.8. The highest BCUT2D eigenvalue weighted by Crippen LogP contribution is 2.56. The van der Waals surface area contributed by atoms with Crippen molar-refractivity contribution in [1.29, 1.82) is 0 Å². The summed E-state index contributed by atoms with van der Waals surface area (Å²) in [7, 11) is 1.62. The van der Waals surface area contributed by atoms with Crippen molar-refractivity contribution in [3.63, 3.8) is 0 Å². The Morgan fingerprint density at radius 1 is 1.32 bits per heavy atom. The number of hydrogen-bond donors (Lipinski definition) is 1. The van der Waals surface area contributed by atoms with E-state index < -0.39 is 10.8 Å². The fraction of sp³-hybridized carbons (Fsp3) is 0.792. The van der Waals surface area contributed by atoms with Crippen LogP contribution in [0, 0.1) is 16.7 Å². The number of aryl methyl sites for hydroxylation is 1. The molecular weight excluding hydrogens is 410 g/mol. The van der Waals surface area contributed by atoms with Crippen LogP contribution in [0.25, 0.3) is 0 Å². The van der Waals surface area contributed by atoms with Crippen LogP contribution in [0.15, 0.2) is 11.2 Å². The molecule has 0 aliphatic heterocycles. The van der Waals surface area contributed by atoms with Gasteiger partial charge in [-0.1, -0.05) is 34.1 Å². The van der Waals surface area contributed by atoms with Gasteiger partial charge in [0.2, 0.25) is 5.91 Å². The quantitative estimate of drug-likeness (QED) is 0.600. The summed E-state index contributed by atoms with van der Waals surface area (Å²) in [6, 6.07) is 0. The maximum atomic E-state index is 13.5. The molecule has 1 N–H and O–H groups in total. The Morgan fingerprint density at radius 2 is 2.00 bits per heavy atom. The minimum atomic E-state index is -0.672. The molecule has 1 aliphatic rings. The van der Waals surface area contributed by atoms with Crippen LogP contribution >= 0.6 is 11.5 Å². The van der Waals surface area contributed by atoms with Gasteiger partial charge in [0, 0.05) is 36.9 Å². The van der Waals surface area contributed by atoms with Crippen molar-refractivity contribution in [2.45, 2.75) is 86.1 Å². The third-order valence-corrected chi connectivity index (χ3v) is 8.39. The van der Waals surface area contributed by atoms with E-state index in [1.165, 1.54) is 0 Å². The maximum absolute atomic E-state index is 13.5. The zero-order chi connectivity index (χ0) is 23.4. The molecule has 1 saturated carbocycles. The van der Waals surface area contributed by atoms with Gasteiger partial charge in [-0.15, -0.1) is 0 Å². The number of carbonyl (C=O) groups is 2. The van der Waals surface area contributed by atoms with E-state index in [9.17, 15) is 9.59 Å². The van der Waals surface area contributed by atoms with Crippen LogP contribution in [0.5, 0.6) is 0 Å². The summed E-state index contributed by atoms with van der Waals surface area (Å²) < 4.78 is 8.04. The second kappa shape index (κ2) is 9.99. The summed E-state index contributed by atoms with van der Waals surface area (Å²) in [5, 5.41) is 2.95. The van der Waals surface area contributed by atoms with Gasteiger partial charge >= 0.3 is 0 Å². The topological polar surface area (TPSA) is 72.7 Å². The molecule has 1 aromatic rings. The normalized spacial score (nSPS) is 23.9. The van der Waals surface area contributed by atoms with Gasteiger partial charge in [-0.3, -0.25) is 13.5 Å². The van der Waals surface area contributed by atoms with Crippen molar-refractivity contribution < 1.29 is 14.3 Å². The number of amides is 2. The first-order chi connectivity index (χ1) is 14.4. The number of carbonyl (C=O) groups excluding carboxylic acids is 2. The SMILES string of the molecule is CCCCc1cn(C(C)(C)C)s/c1=N\C(=O)[C@@]1(C)CC[C@@H](C(=O)NCCOC)C1(C)C. The Hall–Kier alpha value is -1.47. The van der Waals surface area contributed by atoms with E-state index in [0.717, 1.165) is 29.5 Å². The molecule has 1 aromatic heterocycles. The number of aromatic nitrogens is 1. The molecule has 0 bridgehead atoms. The number of ether oxygens (including phenoxy) is 1. The van der Waals surface area contributed by atoms with Gasteiger partial charge in [0.1, 0.15) is 4.67 Å². The highest BCUT2D eigenvalue weighted by molar-refractivity contribution is 7.04. The van der Waals surface area contributed by atoms with Crippen molar-refractivity contribution in [3.8, 4) is 0 Å². The third-order valence-electron chi connectivity index (χ3n) is 7.02. The van der Waals surface area contributed by atoms with Crippen LogP contribution in [0.1, 0.15) is 79.7 Å². The monoisotopic (exact) mass is 451 g/mol. The van der Waals surface area contributed by atoms with Crippen molar-refractivity contribution in [1.82, 2.24) is 9.27 Å². The molecule has 0 spiro atoms. The van der Waals surface area contributed by atoms with E-state index in [4.69, 9.17) is 4.74 Å². The molecule has 2 rings (SSSR count). The Bertz CT molecular complexity index is 847. The summed E-state index contributed by atoms with van der Waals surface area (Å²) in [5.74, 6) is -0.315. The molecule has 1 fully saturated rings. The lowest BCUT2D eigenvalue weighted by molar-refractivity contribution is -0.136. The summed E-state index contributed by atoms with van der Waals surface area (Å²) in [6.07, 6.45) is 6.61. The summed E-state index contributed by atoms with van der Waals surface area (Å²) in [4.78, 5) is 31.0. The molecule has 7 heteroatoms. The molecule has 0 saturated heterocycles. The lowest BCUT2D eigenvalue weighted by Crippen LogP contribution is -2.45. The number of rotatable bonds is 8. The second-order valence-corrected chi connectivity index (χ2v) is 11.5. The number of nitrogens with one attached hydrogen (secondary N) is 1. The number of unbranched alkanes of at least 4 members (excludes halogenated alkanes) is 1. The fourth-order valence-corrected chi connectivity index (χ4v) is 5.33. The molecule has 1 heterocycles. The summed E-state index contributed by atoms with van der Waals surface area (Å²) in [5.41, 5.74) is -0.0616. The minimum absolute atomic E-state index is 0.00362. The van der Waals surface area contributed by atoms with Crippen LogP contribution in [0.4, 0.5) is 0 Å². The van der Waals surface area contributed by atoms with Crippen molar-refractivity contribution in [3.05, 3.63) is 16.4 Å². The minimum Gasteiger partial charge on any atom is -0.383 e. The van der Waals surface area contributed by atoms with Crippen LogP contribution in [0.3, 0.4) is 0 Å². The highest BCUT2D eigenvalue weighted by atomic mass is 32.1. The molecule has 1 aliphatic carbocycles. The lowest BCUT2D eigenvalue weighted by atomic mass is 9.65. The first-order valence-corrected chi connectivity index (χ1v) is 12.2. The Labute approximate surface area is 191 Å². The molecule has 0 unspecified atom stereocenters. The van der Waals surface area contributed by atoms with Gasteiger partial charge in [-0.25, -0.2) is 4.99 Å². The van der Waals surface area contributed by atoms with Crippen LogP contribution in [-0.4, -0.2) is 36.0 Å². The largest absolute Gasteiger partial charge is 0.383 e. The number of hydrogen-bond acceptors (Lipinski definition) is 4. The van der Waals surface area contributed by atoms with E-state index in [0.29, 0.717) is 26.0 Å². The maximum Gasteiger partial charge on any atom is 0.253 e. The number of methoxy groups -OCH3 is 1. The lowest BCUT2D eigenvalue weighted by Gasteiger charge is -2.38. The molecule has 31 heavy (non-hydrogen) atoms. The zero-order valence-corrected chi connectivity index (χ0v) is 21.4. The van der Waals surface area contributed by atoms with Crippen LogP contribution < -0.4 is 9.99 Å². The molecule has 2 atom stereocenters. The Balaban J connectivity index is 2.34. The Morgan fingerprint density at radius 3 is 2.58 bits per heavy atom. The van der Waals surface area contributed by atoms with Crippen LogP contribution in [0.2, 0.25) is 0 Å². The predicted molar refractivity (Wildman–Crippen MR) is 126 cm³/mol. The van der Waals surface area contributed by atoms with E-state index in [1.54, 1.807) is 18.6 Å². The standard InChI is InChI=1S/C24H41N3O3S/c1-9-10-11-17-16-27(22(2,3)4)31-20(17)26-21(29)24(7)13-12-18(23(24,5)6)19(28)25-14-15-30-8/h16,18H,9-15H2,1-8H3,(H,25,28)/b26-20-/t18-,24+/m0/s1. The zero-order valence-electron chi connectivity index (χ0n) is 20.6. The van der Waals surface area contributed by atoms with Gasteiger partial charge in [-0.2, -0.15) is 0 Å². The van der Waals surface area contributed by atoms with E-state index in [-0.39, 0.29) is 23.3 Å². The van der Waals surface area contributed by atoms with Crippen LogP contribution in [-0.2, 0) is 26.3 Å². The predicted octanol–water partition coefficient (Wildman–Crippen LogP) is 4.28. The molecule has 0 aromatic carbocycles. The van der Waals surface area contributed by atoms with E-state index >= 15 is 0 Å². The molecule has 6 nitrogen and oxygen atoms in total. The van der Waals surface area contributed by atoms with Gasteiger partial charge in [0.05, 0.1) is 12.0 Å². The first-order valence-electron chi connectivity index (χ1n) is 11.5. The molecule has 0 radical (unpaired) electrons. The van der Waals surface area contributed by atoms with Crippen molar-refractivity contribution in [2.75, 3.05) is 20.3 Å². The Kier molecular flexibility index (Phi) is 8.31. The van der Waals surface area contributed by atoms with E-state index in [1.807, 2.05) is 20.8 Å². The van der Waals surface area contributed by atoms with Crippen molar-refractivity contribution >= 4 is 23.3 Å². The molecular formula is C24H41N3O3S. The smallest absolute Gasteiger partial charge is 0.253 e. The fourth-order valence-electron chi connectivity index (χ4n) is 4.29. The van der Waals surface area contributed by atoms with Gasteiger partial charge in [-0.05, 0) is 63.4 Å². The summed E-state index contributed by atoms with van der Waals surface area (Å²) >= 11 is 1.56. The average Bonchev–Trinajstić information content (AvgIpc) is 3.19. The van der Waals surface area contributed by atoms with Gasteiger partial charge in [0.15, 0.2) is 0 Å². The van der Waals surface area contributed by atoms with Gasteiger partial charge < -0.3 is 10.1 Å². The average molecular weight is 452 g/mol. The molecule has 2 amide bonds. The summed E-state index contributed by atoms with van der Waals surface area (Å²) in [6.45, 7) is 15.7. The third kappa shape index (κ3) is 5.48. The number of nitrogens with zero attached hydrogens (tertiary/aromatic N) is 2.